The zero-order chi connectivity index (χ0) is 16.1. The number of hydrogen-bond acceptors (Lipinski definition) is 5. The first-order valence-electron chi connectivity index (χ1n) is 7.11. The fourth-order valence-electron chi connectivity index (χ4n) is 2.55. The molecule has 2 heterocycles. The Morgan fingerprint density at radius 1 is 1.23 bits per heavy atom. The Kier molecular flexibility index (Phi) is 5.16. The van der Waals surface area contributed by atoms with Crippen molar-refractivity contribution in [3.8, 4) is 0 Å². The first-order chi connectivity index (χ1) is 10.6. The molecule has 0 radical (unpaired) electrons. The summed E-state index contributed by atoms with van der Waals surface area (Å²) < 4.78 is 11.3. The molecule has 22 heavy (non-hydrogen) atoms. The van der Waals surface area contributed by atoms with Gasteiger partial charge in [-0.2, -0.15) is 0 Å². The minimum absolute atomic E-state index is 0.0702. The molecule has 0 spiro atoms. The summed E-state index contributed by atoms with van der Waals surface area (Å²) in [5, 5.41) is 0.692. The molecule has 0 unspecified atom stereocenters. The molecule has 1 fully saturated rings. The van der Waals surface area contributed by atoms with Crippen molar-refractivity contribution >= 4 is 23.3 Å². The maximum Gasteiger partial charge on any atom is 0.204 e. The van der Waals surface area contributed by atoms with Gasteiger partial charge in [0.25, 0.3) is 0 Å². The lowest BCUT2D eigenvalue weighted by atomic mass is 10.1. The van der Waals surface area contributed by atoms with E-state index in [4.69, 9.17) is 13.9 Å². The molecular formula is C16H20N2O4. The zero-order valence-electron chi connectivity index (χ0n) is 12.8. The van der Waals surface area contributed by atoms with Crippen LogP contribution in [-0.2, 0) is 9.53 Å². The van der Waals surface area contributed by atoms with E-state index in [1.807, 2.05) is 32.0 Å². The maximum atomic E-state index is 12.5. The second kappa shape index (κ2) is 7.09. The average molecular weight is 304 g/mol. The fourth-order valence-corrected chi connectivity index (χ4v) is 2.55. The highest BCUT2D eigenvalue weighted by atomic mass is 16.5. The number of amides is 1. The molecule has 2 aromatic rings. The highest BCUT2D eigenvalue weighted by Gasteiger charge is 2.19. The molecule has 6 nitrogen and oxygen atoms in total. The van der Waals surface area contributed by atoms with Gasteiger partial charge < -0.3 is 19.8 Å². The van der Waals surface area contributed by atoms with Crippen LogP contribution in [0.2, 0.25) is 0 Å². The first kappa shape index (κ1) is 16.0. The number of carbonyl (C=O) groups is 1. The van der Waals surface area contributed by atoms with Crippen LogP contribution in [0.25, 0.3) is 11.0 Å². The van der Waals surface area contributed by atoms with Gasteiger partial charge in [0.05, 0.1) is 24.2 Å². The predicted octanol–water partition coefficient (Wildman–Crippen LogP) is 1.35. The Balaban J connectivity index is 0.000000545. The lowest BCUT2D eigenvalue weighted by Gasteiger charge is -2.28. The quantitative estimate of drug-likeness (QED) is 0.804. The van der Waals surface area contributed by atoms with Crippen molar-refractivity contribution in [2.24, 2.45) is 5.73 Å². The van der Waals surface area contributed by atoms with E-state index in [0.717, 1.165) is 18.7 Å². The highest BCUT2D eigenvalue weighted by Crippen LogP contribution is 2.25. The monoisotopic (exact) mass is 304 g/mol. The number of aryl methyl sites for hydroxylation is 1. The number of nitrogens with zero attached hydrogens (tertiary/aromatic N) is 1. The van der Waals surface area contributed by atoms with Crippen LogP contribution in [0.4, 0.5) is 5.88 Å². The summed E-state index contributed by atoms with van der Waals surface area (Å²) in [7, 11) is 0. The van der Waals surface area contributed by atoms with Gasteiger partial charge in [0, 0.05) is 13.1 Å². The van der Waals surface area contributed by atoms with Gasteiger partial charge in [-0.25, -0.2) is 0 Å². The topological polar surface area (TPSA) is 85.8 Å². The SMILES string of the molecule is Cc1c(N2CCOCC2)oc2cccc(C)c2c1=O.NC=O. The number of ether oxygens (including phenoxy) is 1. The van der Waals surface area contributed by atoms with E-state index in [1.54, 1.807) is 0 Å². The summed E-state index contributed by atoms with van der Waals surface area (Å²) in [4.78, 5) is 23.2. The van der Waals surface area contributed by atoms with Crippen molar-refractivity contribution in [1.29, 1.82) is 0 Å². The largest absolute Gasteiger partial charge is 0.440 e. The van der Waals surface area contributed by atoms with Gasteiger partial charge >= 0.3 is 0 Å². The minimum Gasteiger partial charge on any atom is -0.440 e. The van der Waals surface area contributed by atoms with E-state index >= 15 is 0 Å². The van der Waals surface area contributed by atoms with Crippen LogP contribution in [-0.4, -0.2) is 32.7 Å². The molecule has 1 aromatic carbocycles. The van der Waals surface area contributed by atoms with E-state index in [-0.39, 0.29) is 11.8 Å². The summed E-state index contributed by atoms with van der Waals surface area (Å²) in [5.41, 5.74) is 6.55. The number of primary amides is 1. The third kappa shape index (κ3) is 3.12. The number of hydrogen-bond donors (Lipinski definition) is 1. The molecule has 1 aliphatic heterocycles. The molecule has 118 valence electrons. The van der Waals surface area contributed by atoms with Gasteiger partial charge in [-0.1, -0.05) is 12.1 Å². The van der Waals surface area contributed by atoms with Gasteiger partial charge in [-0.15, -0.1) is 0 Å². The van der Waals surface area contributed by atoms with E-state index < -0.39 is 0 Å². The zero-order valence-corrected chi connectivity index (χ0v) is 12.8. The summed E-state index contributed by atoms with van der Waals surface area (Å²) in [5.74, 6) is 0.686. The van der Waals surface area contributed by atoms with Crippen LogP contribution in [0.1, 0.15) is 11.1 Å². The number of carbonyl (C=O) groups excluding carboxylic acids is 1. The lowest BCUT2D eigenvalue weighted by molar-refractivity contribution is -0.106. The smallest absolute Gasteiger partial charge is 0.204 e. The van der Waals surface area contributed by atoms with Crippen LogP contribution in [0, 0.1) is 13.8 Å². The van der Waals surface area contributed by atoms with Crippen molar-refractivity contribution in [3.05, 3.63) is 39.5 Å². The molecule has 1 saturated heterocycles. The normalized spacial score (nSPS) is 14.4. The number of nitrogens with two attached hydrogens (primary N) is 1. The molecule has 2 N–H and O–H groups in total. The van der Waals surface area contributed by atoms with Crippen LogP contribution >= 0.6 is 0 Å². The number of rotatable bonds is 1. The van der Waals surface area contributed by atoms with E-state index in [9.17, 15) is 4.79 Å². The third-order valence-electron chi connectivity index (χ3n) is 3.63. The fraction of sp³-hybridized carbons (Fsp3) is 0.375. The Morgan fingerprint density at radius 3 is 2.50 bits per heavy atom. The maximum absolute atomic E-state index is 12.5. The summed E-state index contributed by atoms with van der Waals surface area (Å²) in [6.45, 7) is 6.65. The summed E-state index contributed by atoms with van der Waals surface area (Å²) >= 11 is 0. The Bertz CT molecular complexity index is 718. The molecule has 1 amide bonds. The lowest BCUT2D eigenvalue weighted by Crippen LogP contribution is -2.37. The molecule has 0 atom stereocenters. The third-order valence-corrected chi connectivity index (χ3v) is 3.63. The predicted molar refractivity (Wildman–Crippen MR) is 85.2 cm³/mol. The molecule has 3 rings (SSSR count). The second-order valence-corrected chi connectivity index (χ2v) is 5.04. The van der Waals surface area contributed by atoms with Gasteiger partial charge in [-0.05, 0) is 25.5 Å². The van der Waals surface area contributed by atoms with Crippen molar-refractivity contribution in [1.82, 2.24) is 0 Å². The van der Waals surface area contributed by atoms with Gasteiger partial charge in [0.1, 0.15) is 5.58 Å². The Labute approximate surface area is 128 Å². The van der Waals surface area contributed by atoms with E-state index in [2.05, 4.69) is 10.6 Å². The van der Waals surface area contributed by atoms with Gasteiger partial charge in [0.15, 0.2) is 5.43 Å². The Morgan fingerprint density at radius 2 is 1.86 bits per heavy atom. The average Bonchev–Trinajstić information content (AvgIpc) is 2.52. The molecule has 1 aromatic heterocycles. The van der Waals surface area contributed by atoms with Crippen LogP contribution in [0.15, 0.2) is 27.4 Å². The van der Waals surface area contributed by atoms with Crippen molar-refractivity contribution in [2.75, 3.05) is 31.2 Å². The van der Waals surface area contributed by atoms with Crippen LogP contribution in [0.3, 0.4) is 0 Å². The molecule has 0 aliphatic carbocycles. The van der Waals surface area contributed by atoms with Gasteiger partial charge in [0.2, 0.25) is 12.3 Å². The molecular weight excluding hydrogens is 284 g/mol. The number of anilines is 1. The minimum atomic E-state index is 0.0702. The number of benzene rings is 1. The molecule has 0 bridgehead atoms. The number of fused-ring (bicyclic) bond motifs is 1. The molecule has 0 saturated carbocycles. The molecule has 6 heteroatoms. The highest BCUT2D eigenvalue weighted by molar-refractivity contribution is 5.82. The van der Waals surface area contributed by atoms with Gasteiger partial charge in [-0.3, -0.25) is 9.59 Å². The van der Waals surface area contributed by atoms with Crippen molar-refractivity contribution in [3.63, 3.8) is 0 Å². The standard InChI is InChI=1S/C15H17NO3.CH3NO/c1-10-4-3-5-12-13(10)14(17)11(2)15(19-12)16-6-8-18-9-7-16;2-1-3/h3-5H,6-9H2,1-2H3;1H,(H2,2,3). The molecule has 1 aliphatic rings. The van der Waals surface area contributed by atoms with Crippen LogP contribution < -0.4 is 16.1 Å². The van der Waals surface area contributed by atoms with E-state index in [1.165, 1.54) is 0 Å². The number of morpholine rings is 1. The first-order valence-corrected chi connectivity index (χ1v) is 7.11. The Hall–Kier alpha value is -2.34. The summed E-state index contributed by atoms with van der Waals surface area (Å²) in [6, 6.07) is 5.71. The van der Waals surface area contributed by atoms with Crippen LogP contribution in [0.5, 0.6) is 0 Å². The second-order valence-electron chi connectivity index (χ2n) is 5.04. The van der Waals surface area contributed by atoms with Crippen molar-refractivity contribution in [2.45, 2.75) is 13.8 Å². The van der Waals surface area contributed by atoms with Crippen molar-refractivity contribution < 1.29 is 13.9 Å². The summed E-state index contributed by atoms with van der Waals surface area (Å²) in [6.07, 6.45) is 0.250. The van der Waals surface area contributed by atoms with E-state index in [0.29, 0.717) is 35.6 Å².